The number of hydrogen-bond acceptors (Lipinski definition) is 6. The quantitative estimate of drug-likeness (QED) is 0.504. The molecule has 0 aliphatic carbocycles. The Labute approximate surface area is 176 Å². The van der Waals surface area contributed by atoms with E-state index in [-0.39, 0.29) is 5.91 Å². The Morgan fingerprint density at radius 3 is 2.77 bits per heavy atom. The molecule has 30 heavy (non-hydrogen) atoms. The molecule has 0 bridgehead atoms. The Morgan fingerprint density at radius 2 is 1.93 bits per heavy atom. The van der Waals surface area contributed by atoms with Gasteiger partial charge in [0.15, 0.2) is 11.5 Å². The lowest BCUT2D eigenvalue weighted by Crippen LogP contribution is -2.35. The zero-order valence-electron chi connectivity index (χ0n) is 17.2. The fourth-order valence-electron chi connectivity index (χ4n) is 3.97. The molecule has 8 nitrogen and oxygen atoms in total. The summed E-state index contributed by atoms with van der Waals surface area (Å²) in [5.41, 5.74) is 2.76. The van der Waals surface area contributed by atoms with Gasteiger partial charge in [0, 0.05) is 26.1 Å². The molecule has 0 unspecified atom stereocenters. The van der Waals surface area contributed by atoms with E-state index >= 15 is 0 Å². The number of aromatic amines is 1. The molecular formula is C22H29N7O. The SMILES string of the molecule is O=C(CCNc1ncnc2nc[nH]c12)NCCC1CCN(Cc2ccccc2)CC1. The molecule has 3 N–H and O–H groups in total. The van der Waals surface area contributed by atoms with Crippen LogP contribution in [0.2, 0.25) is 0 Å². The van der Waals surface area contributed by atoms with Crippen LogP contribution in [0.25, 0.3) is 11.2 Å². The minimum atomic E-state index is 0.0684. The molecule has 0 saturated carbocycles. The predicted octanol–water partition coefficient (Wildman–Crippen LogP) is 2.57. The largest absolute Gasteiger partial charge is 0.368 e. The first-order valence-electron chi connectivity index (χ1n) is 10.7. The number of likely N-dealkylation sites (tertiary alicyclic amines) is 1. The standard InChI is InChI=1S/C22H29N7O/c30-19(7-11-24-21-20-22(26-15-25-20)28-16-27-21)23-10-6-17-8-12-29(13-9-17)14-18-4-2-1-3-5-18/h1-5,15-17H,6-14H2,(H,23,30)(H2,24,25,26,27,28). The summed E-state index contributed by atoms with van der Waals surface area (Å²) in [6.07, 6.45) is 6.94. The highest BCUT2D eigenvalue weighted by Crippen LogP contribution is 2.21. The molecule has 2 aromatic heterocycles. The van der Waals surface area contributed by atoms with E-state index in [1.807, 2.05) is 0 Å². The van der Waals surface area contributed by atoms with Crippen LogP contribution in [0, 0.1) is 5.92 Å². The van der Waals surface area contributed by atoms with Crippen LogP contribution in [0.15, 0.2) is 43.0 Å². The van der Waals surface area contributed by atoms with Crippen molar-refractivity contribution in [3.05, 3.63) is 48.5 Å². The first-order chi connectivity index (χ1) is 14.8. The molecule has 0 radical (unpaired) electrons. The van der Waals surface area contributed by atoms with Gasteiger partial charge in [-0.05, 0) is 43.8 Å². The minimum absolute atomic E-state index is 0.0684. The van der Waals surface area contributed by atoms with Crippen molar-refractivity contribution in [2.75, 3.05) is 31.5 Å². The molecule has 1 amide bonds. The Kier molecular flexibility index (Phi) is 6.87. The smallest absolute Gasteiger partial charge is 0.221 e. The second-order valence-corrected chi connectivity index (χ2v) is 7.84. The van der Waals surface area contributed by atoms with Gasteiger partial charge >= 0.3 is 0 Å². The number of fused-ring (bicyclic) bond motifs is 1. The van der Waals surface area contributed by atoms with Crippen LogP contribution >= 0.6 is 0 Å². The molecule has 0 atom stereocenters. The van der Waals surface area contributed by atoms with E-state index in [4.69, 9.17) is 0 Å². The number of piperidine rings is 1. The molecule has 1 aromatic carbocycles. The third kappa shape index (κ3) is 5.54. The van der Waals surface area contributed by atoms with E-state index in [0.717, 1.165) is 38.1 Å². The Morgan fingerprint density at radius 1 is 1.10 bits per heavy atom. The van der Waals surface area contributed by atoms with E-state index in [2.05, 4.69) is 65.8 Å². The zero-order valence-corrected chi connectivity index (χ0v) is 17.2. The number of nitrogens with zero attached hydrogens (tertiary/aromatic N) is 4. The van der Waals surface area contributed by atoms with Gasteiger partial charge in [-0.3, -0.25) is 9.69 Å². The number of aromatic nitrogens is 4. The maximum Gasteiger partial charge on any atom is 0.221 e. The fourth-order valence-corrected chi connectivity index (χ4v) is 3.97. The summed E-state index contributed by atoms with van der Waals surface area (Å²) in [6.45, 7) is 4.58. The van der Waals surface area contributed by atoms with Crippen molar-refractivity contribution < 1.29 is 4.79 Å². The van der Waals surface area contributed by atoms with Crippen molar-refractivity contribution in [2.24, 2.45) is 5.92 Å². The summed E-state index contributed by atoms with van der Waals surface area (Å²) in [6, 6.07) is 10.7. The lowest BCUT2D eigenvalue weighted by molar-refractivity contribution is -0.120. The van der Waals surface area contributed by atoms with Crippen LogP contribution in [-0.4, -0.2) is 56.9 Å². The Balaban J connectivity index is 1.09. The summed E-state index contributed by atoms with van der Waals surface area (Å²) in [5.74, 6) is 1.44. The highest BCUT2D eigenvalue weighted by Gasteiger charge is 2.19. The highest BCUT2D eigenvalue weighted by molar-refractivity contribution is 5.82. The minimum Gasteiger partial charge on any atom is -0.368 e. The number of anilines is 1. The van der Waals surface area contributed by atoms with Crippen LogP contribution in [0.1, 0.15) is 31.2 Å². The van der Waals surface area contributed by atoms with Crippen molar-refractivity contribution in [2.45, 2.75) is 32.2 Å². The van der Waals surface area contributed by atoms with Crippen molar-refractivity contribution in [1.82, 2.24) is 30.2 Å². The average Bonchev–Trinajstić information content (AvgIpc) is 3.26. The number of amides is 1. The van der Waals surface area contributed by atoms with Gasteiger partial charge in [-0.2, -0.15) is 0 Å². The van der Waals surface area contributed by atoms with Gasteiger partial charge in [0.05, 0.1) is 6.33 Å². The van der Waals surface area contributed by atoms with Gasteiger partial charge in [0.1, 0.15) is 11.8 Å². The van der Waals surface area contributed by atoms with Crippen molar-refractivity contribution in [3.8, 4) is 0 Å². The summed E-state index contributed by atoms with van der Waals surface area (Å²) < 4.78 is 0. The highest BCUT2D eigenvalue weighted by atomic mass is 16.1. The molecule has 8 heteroatoms. The number of rotatable bonds is 9. The molecule has 0 spiro atoms. The van der Waals surface area contributed by atoms with Gasteiger partial charge in [0.2, 0.25) is 5.91 Å². The van der Waals surface area contributed by atoms with Crippen LogP contribution < -0.4 is 10.6 Å². The zero-order chi connectivity index (χ0) is 20.6. The van der Waals surface area contributed by atoms with Crippen molar-refractivity contribution in [1.29, 1.82) is 0 Å². The lowest BCUT2D eigenvalue weighted by Gasteiger charge is -2.32. The van der Waals surface area contributed by atoms with Crippen LogP contribution in [0.4, 0.5) is 5.82 Å². The molecule has 3 aromatic rings. The number of nitrogens with one attached hydrogen (secondary N) is 3. The Hall–Kier alpha value is -3.00. The molecule has 1 aliphatic rings. The summed E-state index contributed by atoms with van der Waals surface area (Å²) >= 11 is 0. The molecule has 158 valence electrons. The third-order valence-corrected chi connectivity index (χ3v) is 5.70. The monoisotopic (exact) mass is 407 g/mol. The summed E-state index contributed by atoms with van der Waals surface area (Å²) in [7, 11) is 0. The maximum atomic E-state index is 12.1. The van der Waals surface area contributed by atoms with E-state index in [9.17, 15) is 4.79 Å². The molecular weight excluding hydrogens is 378 g/mol. The van der Waals surface area contributed by atoms with Gasteiger partial charge in [-0.1, -0.05) is 30.3 Å². The fraction of sp³-hybridized carbons (Fsp3) is 0.455. The number of carbonyl (C=O) groups excluding carboxylic acids is 1. The second kappa shape index (κ2) is 10.2. The number of benzene rings is 1. The molecule has 4 rings (SSSR count). The average molecular weight is 408 g/mol. The van der Waals surface area contributed by atoms with E-state index in [1.54, 1.807) is 6.33 Å². The van der Waals surface area contributed by atoms with E-state index in [1.165, 1.54) is 24.7 Å². The van der Waals surface area contributed by atoms with Gasteiger partial charge in [-0.15, -0.1) is 0 Å². The maximum absolute atomic E-state index is 12.1. The van der Waals surface area contributed by atoms with Crippen molar-refractivity contribution in [3.63, 3.8) is 0 Å². The number of hydrogen-bond donors (Lipinski definition) is 3. The topological polar surface area (TPSA) is 98.8 Å². The Bertz CT molecular complexity index is 935. The molecule has 1 saturated heterocycles. The first-order valence-corrected chi connectivity index (χ1v) is 10.7. The first kappa shape index (κ1) is 20.3. The van der Waals surface area contributed by atoms with E-state index < -0.39 is 0 Å². The van der Waals surface area contributed by atoms with Crippen LogP contribution in [-0.2, 0) is 11.3 Å². The number of imidazole rings is 1. The van der Waals surface area contributed by atoms with Crippen LogP contribution in [0.3, 0.4) is 0 Å². The van der Waals surface area contributed by atoms with Crippen LogP contribution in [0.5, 0.6) is 0 Å². The molecule has 1 fully saturated rings. The summed E-state index contributed by atoms with van der Waals surface area (Å²) in [4.78, 5) is 30.1. The third-order valence-electron chi connectivity index (χ3n) is 5.70. The van der Waals surface area contributed by atoms with E-state index in [0.29, 0.717) is 30.3 Å². The molecule has 3 heterocycles. The molecule has 1 aliphatic heterocycles. The summed E-state index contributed by atoms with van der Waals surface area (Å²) in [5, 5.41) is 6.23. The number of H-pyrrole nitrogens is 1. The van der Waals surface area contributed by atoms with Gasteiger partial charge < -0.3 is 15.6 Å². The lowest BCUT2D eigenvalue weighted by atomic mass is 9.93. The van der Waals surface area contributed by atoms with Crippen molar-refractivity contribution >= 4 is 22.9 Å². The van der Waals surface area contributed by atoms with Gasteiger partial charge in [0.25, 0.3) is 0 Å². The predicted molar refractivity (Wildman–Crippen MR) is 117 cm³/mol. The normalized spacial score (nSPS) is 15.3. The second-order valence-electron chi connectivity index (χ2n) is 7.84. The number of carbonyl (C=O) groups is 1. The van der Waals surface area contributed by atoms with Gasteiger partial charge in [-0.25, -0.2) is 15.0 Å².